The molecule has 0 saturated carbocycles. The van der Waals surface area contributed by atoms with Crippen LogP contribution < -0.4 is 4.90 Å². The van der Waals surface area contributed by atoms with E-state index in [1.54, 1.807) is 13.0 Å². The Morgan fingerprint density at radius 2 is 1.85 bits per heavy atom. The number of likely N-dealkylation sites (tertiary alicyclic amines) is 1. The molecule has 2 aliphatic heterocycles. The summed E-state index contributed by atoms with van der Waals surface area (Å²) in [6.07, 6.45) is 4.57. The molecule has 1 amide bonds. The monoisotopic (exact) mass is 467 g/mol. The molecule has 0 spiro atoms. The molecule has 8 nitrogen and oxygen atoms in total. The minimum Gasteiger partial charge on any atom is -0.461 e. The van der Waals surface area contributed by atoms with Crippen LogP contribution in [0.25, 0.3) is 0 Å². The standard InChI is InChI=1S/C26H33N3O5/c1-18-14-22(34-27-18)16-26(32)29-17-23(33-19(2)30)15-24(29)25(31)11-8-20-6-9-21(10-7-20)28-12-4-3-5-13-28/h6-7,9-10,14,23-24H,3-5,8,11-13,15-17H2,1-2H3/t23-,24+/m1/s1. The molecule has 2 aliphatic rings. The number of aromatic nitrogens is 1. The number of benzene rings is 1. The van der Waals surface area contributed by atoms with Gasteiger partial charge in [0.15, 0.2) is 5.78 Å². The molecule has 1 aromatic carbocycles. The molecular formula is C26H33N3O5. The van der Waals surface area contributed by atoms with E-state index in [4.69, 9.17) is 9.26 Å². The van der Waals surface area contributed by atoms with Crippen LogP contribution in [-0.2, 0) is 32.0 Å². The number of aryl methyl sites for hydroxylation is 2. The third kappa shape index (κ3) is 6.04. The highest BCUT2D eigenvalue weighted by atomic mass is 16.5. The normalized spacial score (nSPS) is 20.4. The topological polar surface area (TPSA) is 93.0 Å². The molecule has 182 valence electrons. The predicted octanol–water partition coefficient (Wildman–Crippen LogP) is 3.25. The van der Waals surface area contributed by atoms with Crippen molar-refractivity contribution in [3.63, 3.8) is 0 Å². The number of Topliss-reactive ketones (excluding diaryl/α,β-unsaturated/α-hetero) is 1. The van der Waals surface area contributed by atoms with Crippen molar-refractivity contribution in [2.75, 3.05) is 24.5 Å². The number of ether oxygens (including phenoxy) is 1. The SMILES string of the molecule is CC(=O)O[C@@H]1C[C@@H](C(=O)CCc2ccc(N3CCCCC3)cc2)N(C(=O)Cc2cc(C)no2)C1. The maximum atomic E-state index is 13.2. The van der Waals surface area contributed by atoms with Gasteiger partial charge in [-0.05, 0) is 50.3 Å². The number of piperidine rings is 1. The van der Waals surface area contributed by atoms with Crippen LogP contribution in [0.3, 0.4) is 0 Å². The Kier molecular flexibility index (Phi) is 7.65. The smallest absolute Gasteiger partial charge is 0.302 e. The molecule has 2 fully saturated rings. The number of esters is 1. The van der Waals surface area contributed by atoms with Crippen molar-refractivity contribution < 1.29 is 23.6 Å². The Morgan fingerprint density at radius 1 is 1.12 bits per heavy atom. The molecule has 2 atom stereocenters. The van der Waals surface area contributed by atoms with Crippen LogP contribution in [0.5, 0.6) is 0 Å². The highest BCUT2D eigenvalue weighted by Gasteiger charge is 2.40. The summed E-state index contributed by atoms with van der Waals surface area (Å²) >= 11 is 0. The van der Waals surface area contributed by atoms with Crippen molar-refractivity contribution in [1.82, 2.24) is 10.1 Å². The second-order valence-corrected chi connectivity index (χ2v) is 9.32. The van der Waals surface area contributed by atoms with Gasteiger partial charge in [-0.2, -0.15) is 0 Å². The Balaban J connectivity index is 1.37. The molecule has 0 radical (unpaired) electrons. The van der Waals surface area contributed by atoms with Crippen molar-refractivity contribution in [2.24, 2.45) is 0 Å². The first kappa shape index (κ1) is 24.0. The van der Waals surface area contributed by atoms with Gasteiger partial charge in [0.2, 0.25) is 5.91 Å². The van der Waals surface area contributed by atoms with E-state index in [0.29, 0.717) is 30.7 Å². The van der Waals surface area contributed by atoms with Gasteiger partial charge in [0, 0.05) is 44.6 Å². The number of carbonyl (C=O) groups excluding carboxylic acids is 3. The number of hydrogen-bond acceptors (Lipinski definition) is 7. The van der Waals surface area contributed by atoms with Crippen LogP contribution in [0.15, 0.2) is 34.9 Å². The van der Waals surface area contributed by atoms with E-state index in [9.17, 15) is 14.4 Å². The van der Waals surface area contributed by atoms with Crippen LogP contribution in [0.4, 0.5) is 5.69 Å². The van der Waals surface area contributed by atoms with E-state index in [1.165, 1.54) is 36.8 Å². The first-order valence-electron chi connectivity index (χ1n) is 12.1. The number of amides is 1. The van der Waals surface area contributed by atoms with E-state index in [2.05, 4.69) is 34.3 Å². The van der Waals surface area contributed by atoms with E-state index in [0.717, 1.165) is 18.7 Å². The molecule has 34 heavy (non-hydrogen) atoms. The zero-order valence-corrected chi connectivity index (χ0v) is 20.0. The van der Waals surface area contributed by atoms with Crippen LogP contribution in [-0.4, -0.2) is 59.5 Å². The van der Waals surface area contributed by atoms with Crippen LogP contribution in [0, 0.1) is 6.92 Å². The molecule has 3 heterocycles. The molecular weight excluding hydrogens is 434 g/mol. The highest BCUT2D eigenvalue weighted by molar-refractivity contribution is 5.90. The molecule has 4 rings (SSSR count). The highest BCUT2D eigenvalue weighted by Crippen LogP contribution is 2.25. The van der Waals surface area contributed by atoms with Gasteiger partial charge in [-0.3, -0.25) is 14.4 Å². The van der Waals surface area contributed by atoms with Crippen molar-refractivity contribution in [2.45, 2.75) is 70.9 Å². The third-order valence-electron chi connectivity index (χ3n) is 6.61. The van der Waals surface area contributed by atoms with E-state index >= 15 is 0 Å². The molecule has 0 aliphatic carbocycles. The second-order valence-electron chi connectivity index (χ2n) is 9.32. The van der Waals surface area contributed by atoms with Crippen molar-refractivity contribution >= 4 is 23.3 Å². The van der Waals surface area contributed by atoms with Gasteiger partial charge in [-0.1, -0.05) is 17.3 Å². The molecule has 0 N–H and O–H groups in total. The van der Waals surface area contributed by atoms with Crippen molar-refractivity contribution in [1.29, 1.82) is 0 Å². The Labute approximate surface area is 200 Å². The summed E-state index contributed by atoms with van der Waals surface area (Å²) in [5.74, 6) is -0.199. The lowest BCUT2D eigenvalue weighted by Gasteiger charge is -2.28. The van der Waals surface area contributed by atoms with Gasteiger partial charge < -0.3 is 19.1 Å². The number of ketones is 1. The number of nitrogens with zero attached hydrogens (tertiary/aromatic N) is 3. The van der Waals surface area contributed by atoms with Gasteiger partial charge >= 0.3 is 5.97 Å². The summed E-state index contributed by atoms with van der Waals surface area (Å²) in [5, 5.41) is 3.82. The summed E-state index contributed by atoms with van der Waals surface area (Å²) in [5.41, 5.74) is 3.02. The van der Waals surface area contributed by atoms with E-state index in [1.807, 2.05) is 0 Å². The van der Waals surface area contributed by atoms with Gasteiger partial charge in [-0.15, -0.1) is 0 Å². The lowest BCUT2D eigenvalue weighted by Crippen LogP contribution is -2.41. The van der Waals surface area contributed by atoms with Crippen LogP contribution >= 0.6 is 0 Å². The minimum absolute atomic E-state index is 0.0168. The Morgan fingerprint density at radius 3 is 2.50 bits per heavy atom. The maximum Gasteiger partial charge on any atom is 0.302 e. The summed E-state index contributed by atoms with van der Waals surface area (Å²) in [6, 6.07) is 9.54. The Hall–Kier alpha value is -3.16. The molecule has 0 unspecified atom stereocenters. The van der Waals surface area contributed by atoms with Gasteiger partial charge in [-0.25, -0.2) is 0 Å². The van der Waals surface area contributed by atoms with Crippen molar-refractivity contribution in [3.05, 3.63) is 47.3 Å². The summed E-state index contributed by atoms with van der Waals surface area (Å²) < 4.78 is 10.5. The quantitative estimate of drug-likeness (QED) is 0.550. The molecule has 0 bridgehead atoms. The second kappa shape index (κ2) is 10.8. The molecule has 2 saturated heterocycles. The minimum atomic E-state index is -0.603. The maximum absolute atomic E-state index is 13.2. The zero-order valence-electron chi connectivity index (χ0n) is 20.0. The zero-order chi connectivity index (χ0) is 24.1. The number of anilines is 1. The van der Waals surface area contributed by atoms with Gasteiger partial charge in [0.05, 0.1) is 24.7 Å². The summed E-state index contributed by atoms with van der Waals surface area (Å²) in [7, 11) is 0. The lowest BCUT2D eigenvalue weighted by molar-refractivity contribution is -0.146. The first-order valence-corrected chi connectivity index (χ1v) is 12.1. The summed E-state index contributed by atoms with van der Waals surface area (Å²) in [6.45, 7) is 5.54. The third-order valence-corrected chi connectivity index (χ3v) is 6.61. The van der Waals surface area contributed by atoms with Gasteiger partial charge in [0.25, 0.3) is 0 Å². The average Bonchev–Trinajstić information content (AvgIpc) is 3.44. The Bertz CT molecular complexity index is 1010. The number of carbonyl (C=O) groups is 3. The molecule has 1 aromatic heterocycles. The summed E-state index contributed by atoms with van der Waals surface area (Å²) in [4.78, 5) is 41.5. The fourth-order valence-corrected chi connectivity index (χ4v) is 4.91. The molecule has 8 heteroatoms. The van der Waals surface area contributed by atoms with E-state index < -0.39 is 18.1 Å². The fourth-order valence-electron chi connectivity index (χ4n) is 4.91. The average molecular weight is 468 g/mol. The predicted molar refractivity (Wildman–Crippen MR) is 126 cm³/mol. The fraction of sp³-hybridized carbons (Fsp3) is 0.538. The van der Waals surface area contributed by atoms with Crippen LogP contribution in [0.2, 0.25) is 0 Å². The number of hydrogen-bond donors (Lipinski definition) is 0. The van der Waals surface area contributed by atoms with Crippen LogP contribution in [0.1, 0.15) is 56.0 Å². The van der Waals surface area contributed by atoms with E-state index in [-0.39, 0.29) is 24.7 Å². The molecule has 2 aromatic rings. The first-order chi connectivity index (χ1) is 16.4. The lowest BCUT2D eigenvalue weighted by atomic mass is 10.0. The van der Waals surface area contributed by atoms with Gasteiger partial charge in [0.1, 0.15) is 11.9 Å². The van der Waals surface area contributed by atoms with Crippen molar-refractivity contribution in [3.8, 4) is 0 Å². The largest absolute Gasteiger partial charge is 0.461 e. The number of rotatable bonds is 8.